The van der Waals surface area contributed by atoms with Crippen molar-refractivity contribution in [3.05, 3.63) is 34.4 Å². The van der Waals surface area contributed by atoms with Gasteiger partial charge in [-0.05, 0) is 19.9 Å². The topological polar surface area (TPSA) is 95.7 Å². The first-order chi connectivity index (χ1) is 8.77. The monoisotopic (exact) mass is 267 g/mol. The first kappa shape index (κ1) is 14.9. The van der Waals surface area contributed by atoms with Gasteiger partial charge in [0.1, 0.15) is 0 Å². The van der Waals surface area contributed by atoms with Crippen LogP contribution in [0.15, 0.2) is 24.3 Å². The first-order valence-electron chi connectivity index (χ1n) is 5.68. The Labute approximate surface area is 111 Å². The number of hydrogen-bond donors (Lipinski definition) is 2. The zero-order valence-electron chi connectivity index (χ0n) is 11.1. The van der Waals surface area contributed by atoms with E-state index in [1.165, 1.54) is 23.1 Å². The molecule has 0 unspecified atom stereocenters. The number of nitrogens with one attached hydrogen (secondary N) is 1. The van der Waals surface area contributed by atoms with Crippen molar-refractivity contribution in [2.45, 2.75) is 19.4 Å². The summed E-state index contributed by atoms with van der Waals surface area (Å²) in [6, 6.07) is 5.23. The van der Waals surface area contributed by atoms with Crippen molar-refractivity contribution in [2.75, 3.05) is 19.0 Å². The molecule has 104 valence electrons. The van der Waals surface area contributed by atoms with E-state index in [0.29, 0.717) is 5.69 Å². The van der Waals surface area contributed by atoms with Gasteiger partial charge in [-0.2, -0.15) is 0 Å². The number of rotatable bonds is 4. The van der Waals surface area contributed by atoms with Gasteiger partial charge in [0.15, 0.2) is 0 Å². The van der Waals surface area contributed by atoms with Crippen molar-refractivity contribution < 1.29 is 14.8 Å². The average molecular weight is 267 g/mol. The maximum atomic E-state index is 11.9. The molecule has 2 N–H and O–H groups in total. The Bertz CT molecular complexity index is 488. The molecule has 0 spiro atoms. The fraction of sp³-hybridized carbons (Fsp3) is 0.417. The highest BCUT2D eigenvalue weighted by molar-refractivity contribution is 5.90. The summed E-state index contributed by atoms with van der Waals surface area (Å²) >= 11 is 0. The third-order valence-corrected chi connectivity index (χ3v) is 2.91. The molecule has 7 nitrogen and oxygen atoms in total. The molecule has 0 bridgehead atoms. The fourth-order valence-electron chi connectivity index (χ4n) is 1.29. The first-order valence-corrected chi connectivity index (χ1v) is 5.68. The number of aliphatic hydroxyl groups excluding tert-OH is 1. The van der Waals surface area contributed by atoms with Crippen LogP contribution >= 0.6 is 0 Å². The van der Waals surface area contributed by atoms with E-state index in [1.807, 2.05) is 0 Å². The number of carbonyl (C=O) groups excluding carboxylic acids is 1. The molecule has 0 heterocycles. The number of benzene rings is 1. The molecule has 1 rings (SSSR count). The van der Waals surface area contributed by atoms with Crippen LogP contribution in [0.4, 0.5) is 16.2 Å². The Morgan fingerprint density at radius 3 is 2.68 bits per heavy atom. The molecular formula is C12H17N3O4. The molecule has 0 fully saturated rings. The van der Waals surface area contributed by atoms with Crippen LogP contribution in [-0.2, 0) is 0 Å². The number of nitrogens with zero attached hydrogens (tertiary/aromatic N) is 2. The minimum atomic E-state index is -0.717. The normalized spacial score (nSPS) is 10.9. The molecule has 0 aliphatic rings. The van der Waals surface area contributed by atoms with Crippen LogP contribution in [0.3, 0.4) is 0 Å². The zero-order chi connectivity index (χ0) is 14.6. The van der Waals surface area contributed by atoms with E-state index in [4.69, 9.17) is 0 Å². The number of carbonyl (C=O) groups is 1. The number of amides is 2. The molecule has 7 heteroatoms. The Hall–Kier alpha value is -2.15. The van der Waals surface area contributed by atoms with Gasteiger partial charge >= 0.3 is 6.03 Å². The van der Waals surface area contributed by atoms with E-state index >= 15 is 0 Å². The zero-order valence-corrected chi connectivity index (χ0v) is 11.1. The van der Waals surface area contributed by atoms with E-state index in [2.05, 4.69) is 5.32 Å². The van der Waals surface area contributed by atoms with Crippen LogP contribution in [0.1, 0.15) is 13.8 Å². The van der Waals surface area contributed by atoms with E-state index in [0.717, 1.165) is 0 Å². The minimum Gasteiger partial charge on any atom is -0.394 e. The summed E-state index contributed by atoms with van der Waals surface area (Å²) in [6.45, 7) is 3.23. The van der Waals surface area contributed by atoms with Crippen molar-refractivity contribution >= 4 is 17.4 Å². The lowest BCUT2D eigenvalue weighted by molar-refractivity contribution is -0.384. The standard InChI is InChI=1S/C12H17N3O4/c1-12(2,8-16)14(3)11(17)13-9-5-4-6-10(7-9)15(18)19/h4-7,16H,8H2,1-3H3,(H,13,17). The quantitative estimate of drug-likeness (QED) is 0.642. The van der Waals surface area contributed by atoms with Crippen LogP contribution in [0.2, 0.25) is 0 Å². The highest BCUT2D eigenvalue weighted by atomic mass is 16.6. The van der Waals surface area contributed by atoms with Gasteiger partial charge in [-0.15, -0.1) is 0 Å². The number of aliphatic hydroxyl groups is 1. The van der Waals surface area contributed by atoms with Gasteiger partial charge < -0.3 is 15.3 Å². The van der Waals surface area contributed by atoms with E-state index in [9.17, 15) is 20.0 Å². The summed E-state index contributed by atoms with van der Waals surface area (Å²) < 4.78 is 0. The molecule has 0 aromatic heterocycles. The lowest BCUT2D eigenvalue weighted by atomic mass is 10.1. The number of likely N-dealkylation sites (N-methyl/N-ethyl adjacent to an activating group) is 1. The highest BCUT2D eigenvalue weighted by Gasteiger charge is 2.26. The average Bonchev–Trinajstić information content (AvgIpc) is 2.38. The van der Waals surface area contributed by atoms with E-state index < -0.39 is 16.5 Å². The van der Waals surface area contributed by atoms with Crippen LogP contribution in [0.25, 0.3) is 0 Å². The molecule has 0 saturated heterocycles. The van der Waals surface area contributed by atoms with Gasteiger partial charge in [-0.25, -0.2) is 4.79 Å². The predicted octanol–water partition coefficient (Wildman–Crippen LogP) is 1.83. The largest absolute Gasteiger partial charge is 0.394 e. The number of nitro groups is 1. The minimum absolute atomic E-state index is 0.0955. The second-order valence-corrected chi connectivity index (χ2v) is 4.77. The molecule has 0 radical (unpaired) electrons. The Morgan fingerprint density at radius 2 is 2.16 bits per heavy atom. The lowest BCUT2D eigenvalue weighted by Gasteiger charge is -2.33. The molecule has 0 aliphatic heterocycles. The Balaban J connectivity index is 2.83. The number of urea groups is 1. The molecule has 2 amide bonds. The van der Waals surface area contributed by atoms with Gasteiger partial charge in [0.25, 0.3) is 5.69 Å². The Kier molecular flexibility index (Phi) is 4.44. The second-order valence-electron chi connectivity index (χ2n) is 4.77. The summed E-state index contributed by atoms with van der Waals surface area (Å²) in [5.41, 5.74) is -0.480. The molecule has 1 aromatic rings. The van der Waals surface area contributed by atoms with Crippen LogP contribution in [-0.4, -0.2) is 40.2 Å². The second kappa shape index (κ2) is 5.66. The molecule has 19 heavy (non-hydrogen) atoms. The van der Waals surface area contributed by atoms with Gasteiger partial charge in [0.05, 0.1) is 17.1 Å². The number of nitro benzene ring substituents is 1. The summed E-state index contributed by atoms with van der Waals surface area (Å²) in [5.74, 6) is 0. The van der Waals surface area contributed by atoms with E-state index in [1.54, 1.807) is 27.0 Å². The third kappa shape index (κ3) is 3.65. The number of non-ortho nitro benzene ring substituents is 1. The summed E-state index contributed by atoms with van der Waals surface area (Å²) in [5, 5.41) is 22.4. The molecule has 0 aliphatic carbocycles. The molecule has 0 atom stereocenters. The van der Waals surface area contributed by atoms with Gasteiger partial charge in [-0.3, -0.25) is 10.1 Å². The molecular weight excluding hydrogens is 250 g/mol. The summed E-state index contributed by atoms with van der Waals surface area (Å²) in [6.07, 6.45) is 0. The lowest BCUT2D eigenvalue weighted by Crippen LogP contribution is -2.49. The Morgan fingerprint density at radius 1 is 1.53 bits per heavy atom. The van der Waals surface area contributed by atoms with E-state index in [-0.39, 0.29) is 12.3 Å². The van der Waals surface area contributed by atoms with Crippen LogP contribution in [0, 0.1) is 10.1 Å². The fourth-order valence-corrected chi connectivity index (χ4v) is 1.29. The third-order valence-electron chi connectivity index (χ3n) is 2.91. The molecule has 0 saturated carbocycles. The number of anilines is 1. The van der Waals surface area contributed by atoms with Crippen molar-refractivity contribution in [2.24, 2.45) is 0 Å². The van der Waals surface area contributed by atoms with Crippen LogP contribution in [0.5, 0.6) is 0 Å². The van der Waals surface area contributed by atoms with Crippen molar-refractivity contribution in [3.8, 4) is 0 Å². The van der Waals surface area contributed by atoms with Crippen molar-refractivity contribution in [3.63, 3.8) is 0 Å². The van der Waals surface area contributed by atoms with Crippen molar-refractivity contribution in [1.29, 1.82) is 0 Å². The number of hydrogen-bond acceptors (Lipinski definition) is 4. The van der Waals surface area contributed by atoms with Gasteiger partial charge in [-0.1, -0.05) is 6.07 Å². The maximum absolute atomic E-state index is 11.9. The van der Waals surface area contributed by atoms with Gasteiger partial charge in [0, 0.05) is 24.9 Å². The van der Waals surface area contributed by atoms with Crippen molar-refractivity contribution in [1.82, 2.24) is 4.90 Å². The highest BCUT2D eigenvalue weighted by Crippen LogP contribution is 2.19. The summed E-state index contributed by atoms with van der Waals surface area (Å²) in [7, 11) is 1.54. The SMILES string of the molecule is CN(C(=O)Nc1cccc([N+](=O)[O-])c1)C(C)(C)CO. The maximum Gasteiger partial charge on any atom is 0.322 e. The molecule has 1 aromatic carbocycles. The predicted molar refractivity (Wildman–Crippen MR) is 71.0 cm³/mol. The van der Waals surface area contributed by atoms with Gasteiger partial charge in [0.2, 0.25) is 0 Å². The summed E-state index contributed by atoms with van der Waals surface area (Å²) in [4.78, 5) is 23.4. The van der Waals surface area contributed by atoms with Crippen LogP contribution < -0.4 is 5.32 Å². The smallest absolute Gasteiger partial charge is 0.322 e.